The minimum absolute atomic E-state index is 0.0257. The van der Waals surface area contributed by atoms with Crippen molar-refractivity contribution in [2.45, 2.75) is 45.6 Å². The Morgan fingerprint density at radius 1 is 1.53 bits per heavy atom. The summed E-state index contributed by atoms with van der Waals surface area (Å²) >= 11 is 0. The normalized spacial score (nSPS) is 13.4. The van der Waals surface area contributed by atoms with Gasteiger partial charge in [-0.3, -0.25) is 4.79 Å². The predicted molar refractivity (Wildman–Crippen MR) is 66.0 cm³/mol. The lowest BCUT2D eigenvalue weighted by molar-refractivity contribution is -0.122. The Balaban J connectivity index is 3.82. The first-order chi connectivity index (χ1) is 8.13. The van der Waals surface area contributed by atoms with E-state index in [9.17, 15) is 4.79 Å². The first-order valence-electron chi connectivity index (χ1n) is 5.97. The van der Waals surface area contributed by atoms with Crippen molar-refractivity contribution in [2.75, 3.05) is 13.2 Å². The maximum absolute atomic E-state index is 11.5. The van der Waals surface area contributed by atoms with Crippen LogP contribution in [-0.4, -0.2) is 36.2 Å². The Kier molecular flexibility index (Phi) is 9.14. The molecular weight excluding hydrogens is 222 g/mol. The fourth-order valence-electron chi connectivity index (χ4n) is 1.37. The number of amidine groups is 1. The van der Waals surface area contributed by atoms with Crippen LogP contribution in [0, 0.1) is 0 Å². The summed E-state index contributed by atoms with van der Waals surface area (Å²) in [6.07, 6.45) is 2.25. The molecule has 0 saturated carbocycles. The molecule has 0 fully saturated rings. The topological polar surface area (TPSA) is 96.9 Å². The van der Waals surface area contributed by atoms with E-state index in [2.05, 4.69) is 10.5 Å². The van der Waals surface area contributed by atoms with Gasteiger partial charge in [-0.25, -0.2) is 0 Å². The number of carbonyl (C=O) groups excluding carboxylic acids is 1. The van der Waals surface area contributed by atoms with E-state index in [4.69, 9.17) is 15.7 Å². The van der Waals surface area contributed by atoms with Crippen LogP contribution in [0.1, 0.15) is 39.5 Å². The Hall–Kier alpha value is -1.30. The smallest absolute Gasteiger partial charge is 0.220 e. The molecule has 0 aromatic carbocycles. The molecular formula is C11H23N3O3. The number of hydrogen-bond donors (Lipinski definition) is 3. The number of nitrogens with zero attached hydrogens (tertiary/aromatic N) is 1. The predicted octanol–water partition coefficient (Wildman–Crippen LogP) is 0.834. The summed E-state index contributed by atoms with van der Waals surface area (Å²) in [7, 11) is 0. The van der Waals surface area contributed by atoms with Crippen LogP contribution in [-0.2, 0) is 9.53 Å². The summed E-state index contributed by atoms with van der Waals surface area (Å²) in [5.74, 6) is 0.105. The van der Waals surface area contributed by atoms with Gasteiger partial charge in [0.1, 0.15) is 5.84 Å². The molecule has 0 aliphatic carbocycles. The van der Waals surface area contributed by atoms with Crippen molar-refractivity contribution in [1.82, 2.24) is 5.32 Å². The second kappa shape index (κ2) is 9.89. The molecule has 0 rings (SSSR count). The molecule has 17 heavy (non-hydrogen) atoms. The Morgan fingerprint density at radius 2 is 2.24 bits per heavy atom. The summed E-state index contributed by atoms with van der Waals surface area (Å²) in [5, 5.41) is 14.2. The zero-order valence-electron chi connectivity index (χ0n) is 10.6. The third-order valence-corrected chi connectivity index (χ3v) is 2.34. The van der Waals surface area contributed by atoms with E-state index in [0.29, 0.717) is 32.5 Å². The third kappa shape index (κ3) is 8.50. The number of oxime groups is 1. The monoisotopic (exact) mass is 245 g/mol. The van der Waals surface area contributed by atoms with Crippen LogP contribution in [0.3, 0.4) is 0 Å². The molecule has 1 amide bonds. The van der Waals surface area contributed by atoms with Gasteiger partial charge in [0.15, 0.2) is 0 Å². The van der Waals surface area contributed by atoms with Crippen molar-refractivity contribution in [2.24, 2.45) is 10.9 Å². The van der Waals surface area contributed by atoms with Crippen molar-refractivity contribution >= 4 is 11.7 Å². The van der Waals surface area contributed by atoms with Gasteiger partial charge in [-0.05, 0) is 19.8 Å². The van der Waals surface area contributed by atoms with Crippen LogP contribution < -0.4 is 11.1 Å². The fraction of sp³-hybridized carbons (Fsp3) is 0.818. The van der Waals surface area contributed by atoms with E-state index in [-0.39, 0.29) is 17.8 Å². The fourth-order valence-corrected chi connectivity index (χ4v) is 1.37. The SMILES string of the molecule is CCOCCCC(=O)NC(CC)CC(N)=NO. The van der Waals surface area contributed by atoms with Gasteiger partial charge in [-0.15, -0.1) is 0 Å². The molecule has 0 bridgehead atoms. The van der Waals surface area contributed by atoms with Crippen molar-refractivity contribution in [1.29, 1.82) is 0 Å². The number of nitrogens with two attached hydrogens (primary N) is 1. The van der Waals surface area contributed by atoms with Crippen LogP contribution in [0.25, 0.3) is 0 Å². The van der Waals surface area contributed by atoms with Gasteiger partial charge < -0.3 is 21.0 Å². The summed E-state index contributed by atoms with van der Waals surface area (Å²) in [6.45, 7) is 5.13. The number of rotatable bonds is 9. The highest BCUT2D eigenvalue weighted by molar-refractivity contribution is 5.81. The van der Waals surface area contributed by atoms with Crippen molar-refractivity contribution in [3.63, 3.8) is 0 Å². The second-order valence-corrected chi connectivity index (χ2v) is 3.77. The Bertz CT molecular complexity index is 244. The van der Waals surface area contributed by atoms with Gasteiger partial charge in [0.25, 0.3) is 0 Å². The highest BCUT2D eigenvalue weighted by Gasteiger charge is 2.11. The second-order valence-electron chi connectivity index (χ2n) is 3.77. The molecule has 1 atom stereocenters. The van der Waals surface area contributed by atoms with E-state index in [1.807, 2.05) is 13.8 Å². The van der Waals surface area contributed by atoms with E-state index in [1.54, 1.807) is 0 Å². The number of nitrogens with one attached hydrogen (secondary N) is 1. The van der Waals surface area contributed by atoms with E-state index in [0.717, 1.165) is 6.42 Å². The zero-order valence-corrected chi connectivity index (χ0v) is 10.6. The highest BCUT2D eigenvalue weighted by atomic mass is 16.5. The Morgan fingerprint density at radius 3 is 2.76 bits per heavy atom. The summed E-state index contributed by atoms with van der Waals surface area (Å²) in [5.41, 5.74) is 5.39. The van der Waals surface area contributed by atoms with Crippen molar-refractivity contribution in [3.8, 4) is 0 Å². The maximum Gasteiger partial charge on any atom is 0.220 e. The molecule has 6 nitrogen and oxygen atoms in total. The minimum atomic E-state index is -0.0782. The zero-order chi connectivity index (χ0) is 13.1. The van der Waals surface area contributed by atoms with Gasteiger partial charge in [0.05, 0.1) is 0 Å². The van der Waals surface area contributed by atoms with Gasteiger partial charge in [0, 0.05) is 32.1 Å². The lowest BCUT2D eigenvalue weighted by Crippen LogP contribution is -2.37. The summed E-state index contributed by atoms with van der Waals surface area (Å²) in [4.78, 5) is 11.5. The molecule has 1 unspecified atom stereocenters. The lowest BCUT2D eigenvalue weighted by atomic mass is 10.1. The van der Waals surface area contributed by atoms with E-state index in [1.165, 1.54) is 0 Å². The largest absolute Gasteiger partial charge is 0.409 e. The Labute approximate surface area is 102 Å². The molecule has 0 radical (unpaired) electrons. The minimum Gasteiger partial charge on any atom is -0.409 e. The average molecular weight is 245 g/mol. The molecule has 0 aliphatic heterocycles. The van der Waals surface area contributed by atoms with E-state index < -0.39 is 0 Å². The van der Waals surface area contributed by atoms with Gasteiger partial charge in [-0.2, -0.15) is 0 Å². The van der Waals surface area contributed by atoms with E-state index >= 15 is 0 Å². The average Bonchev–Trinajstić information content (AvgIpc) is 2.33. The summed E-state index contributed by atoms with van der Waals surface area (Å²) in [6, 6.07) is -0.0782. The summed E-state index contributed by atoms with van der Waals surface area (Å²) < 4.78 is 5.14. The maximum atomic E-state index is 11.5. The molecule has 0 aliphatic rings. The number of amides is 1. The van der Waals surface area contributed by atoms with Crippen molar-refractivity contribution < 1.29 is 14.7 Å². The molecule has 0 aromatic heterocycles. The van der Waals surface area contributed by atoms with Crippen LogP contribution in [0.15, 0.2) is 5.16 Å². The van der Waals surface area contributed by atoms with Crippen LogP contribution in [0.2, 0.25) is 0 Å². The number of ether oxygens (including phenoxy) is 1. The standard InChI is InChI=1S/C11H23N3O3/c1-3-9(8-10(12)14-16)13-11(15)6-5-7-17-4-2/h9,16H,3-8H2,1-2H3,(H2,12,14)(H,13,15). The van der Waals surface area contributed by atoms with Gasteiger partial charge in [0.2, 0.25) is 5.91 Å². The van der Waals surface area contributed by atoms with Crippen LogP contribution >= 0.6 is 0 Å². The van der Waals surface area contributed by atoms with Crippen molar-refractivity contribution in [3.05, 3.63) is 0 Å². The first kappa shape index (κ1) is 15.7. The third-order valence-electron chi connectivity index (χ3n) is 2.34. The van der Waals surface area contributed by atoms with Crippen LogP contribution in [0.4, 0.5) is 0 Å². The molecule has 0 heterocycles. The number of hydrogen-bond acceptors (Lipinski definition) is 4. The highest BCUT2D eigenvalue weighted by Crippen LogP contribution is 1.99. The molecule has 0 saturated heterocycles. The molecule has 0 spiro atoms. The first-order valence-corrected chi connectivity index (χ1v) is 5.97. The number of carbonyl (C=O) groups is 1. The quantitative estimate of drug-likeness (QED) is 0.184. The van der Waals surface area contributed by atoms with Crippen LogP contribution in [0.5, 0.6) is 0 Å². The lowest BCUT2D eigenvalue weighted by Gasteiger charge is -2.16. The molecule has 100 valence electrons. The van der Waals surface area contributed by atoms with Gasteiger partial charge in [-0.1, -0.05) is 12.1 Å². The molecule has 0 aromatic rings. The van der Waals surface area contributed by atoms with Gasteiger partial charge >= 0.3 is 0 Å². The molecule has 4 N–H and O–H groups in total. The molecule has 6 heteroatoms.